The second kappa shape index (κ2) is 4.97. The number of aromatic carboxylic acids is 2. The lowest BCUT2D eigenvalue weighted by Gasteiger charge is -2.06. The third-order valence-electron chi connectivity index (χ3n) is 1.91. The maximum atomic E-state index is 11.0. The third kappa shape index (κ3) is 3.20. The largest absolute Gasteiger partial charge is 0.478 e. The molecule has 7 nitrogen and oxygen atoms in total. The number of anilines is 1. The molecule has 17 heavy (non-hydrogen) atoms. The molecule has 1 aromatic carbocycles. The van der Waals surface area contributed by atoms with Gasteiger partial charge in [-0.1, -0.05) is 0 Å². The van der Waals surface area contributed by atoms with Gasteiger partial charge in [-0.2, -0.15) is 0 Å². The van der Waals surface area contributed by atoms with Crippen molar-refractivity contribution in [2.24, 2.45) is 0 Å². The summed E-state index contributed by atoms with van der Waals surface area (Å²) in [6, 6.07) is 2.79. The van der Waals surface area contributed by atoms with Gasteiger partial charge in [0.15, 0.2) is 0 Å². The van der Waals surface area contributed by atoms with Crippen molar-refractivity contribution >= 4 is 23.7 Å². The van der Waals surface area contributed by atoms with Crippen molar-refractivity contribution in [2.75, 3.05) is 12.4 Å². The van der Waals surface area contributed by atoms with Gasteiger partial charge in [0.2, 0.25) is 0 Å². The SMILES string of the molecule is CNC(=O)Nc1cc(C(=O)O)cc(C(=O)O)c1. The van der Waals surface area contributed by atoms with E-state index in [1.54, 1.807) is 0 Å². The number of carboxylic acid groups (broad SMARTS) is 2. The molecule has 7 heteroatoms. The number of carbonyl (C=O) groups is 3. The minimum absolute atomic E-state index is 0.0988. The highest BCUT2D eigenvalue weighted by Crippen LogP contribution is 2.15. The first-order valence-corrected chi connectivity index (χ1v) is 4.54. The van der Waals surface area contributed by atoms with Crippen molar-refractivity contribution in [2.45, 2.75) is 0 Å². The zero-order valence-corrected chi connectivity index (χ0v) is 8.85. The summed E-state index contributed by atoms with van der Waals surface area (Å²) in [5.74, 6) is -2.54. The van der Waals surface area contributed by atoms with Crippen LogP contribution in [0.3, 0.4) is 0 Å². The first-order valence-electron chi connectivity index (χ1n) is 4.54. The van der Waals surface area contributed by atoms with Crippen molar-refractivity contribution in [1.29, 1.82) is 0 Å². The van der Waals surface area contributed by atoms with Crippen molar-refractivity contribution in [3.63, 3.8) is 0 Å². The summed E-state index contributed by atoms with van der Waals surface area (Å²) in [6.45, 7) is 0. The molecule has 1 rings (SSSR count). The number of hydrogen-bond donors (Lipinski definition) is 4. The number of nitrogens with one attached hydrogen (secondary N) is 2. The molecule has 0 aromatic heterocycles. The molecular formula is C10H10N2O5. The lowest BCUT2D eigenvalue weighted by Crippen LogP contribution is -2.24. The molecule has 0 aliphatic rings. The highest BCUT2D eigenvalue weighted by atomic mass is 16.4. The van der Waals surface area contributed by atoms with Crippen molar-refractivity contribution in [3.05, 3.63) is 29.3 Å². The van der Waals surface area contributed by atoms with Crippen LogP contribution in [0.15, 0.2) is 18.2 Å². The van der Waals surface area contributed by atoms with Crippen LogP contribution in [0.1, 0.15) is 20.7 Å². The average Bonchev–Trinajstić information content (AvgIpc) is 2.28. The van der Waals surface area contributed by atoms with Gasteiger partial charge in [0.25, 0.3) is 0 Å². The molecule has 0 aliphatic carbocycles. The van der Waals surface area contributed by atoms with Gasteiger partial charge in [-0.3, -0.25) is 0 Å². The smallest absolute Gasteiger partial charge is 0.335 e. The molecule has 0 unspecified atom stereocenters. The van der Waals surface area contributed by atoms with Gasteiger partial charge in [0.1, 0.15) is 0 Å². The molecular weight excluding hydrogens is 228 g/mol. The third-order valence-corrected chi connectivity index (χ3v) is 1.91. The van der Waals surface area contributed by atoms with Gasteiger partial charge < -0.3 is 20.8 Å². The van der Waals surface area contributed by atoms with E-state index in [-0.39, 0.29) is 16.8 Å². The molecule has 0 saturated carbocycles. The Bertz CT molecular complexity index is 451. The van der Waals surface area contributed by atoms with Crippen LogP contribution in [0.25, 0.3) is 0 Å². The van der Waals surface area contributed by atoms with E-state index < -0.39 is 18.0 Å². The number of hydrogen-bond acceptors (Lipinski definition) is 3. The Labute approximate surface area is 96.1 Å². The van der Waals surface area contributed by atoms with E-state index in [1.165, 1.54) is 19.2 Å². The lowest BCUT2D eigenvalue weighted by atomic mass is 10.1. The monoisotopic (exact) mass is 238 g/mol. The molecule has 0 spiro atoms. The quantitative estimate of drug-likeness (QED) is 0.622. The van der Waals surface area contributed by atoms with Crippen molar-refractivity contribution in [3.8, 4) is 0 Å². The number of carbonyl (C=O) groups excluding carboxylic acids is 1. The van der Waals surface area contributed by atoms with Gasteiger partial charge in [-0.15, -0.1) is 0 Å². The molecule has 4 N–H and O–H groups in total. The summed E-state index contributed by atoms with van der Waals surface area (Å²) >= 11 is 0. The number of amides is 2. The topological polar surface area (TPSA) is 116 Å². The van der Waals surface area contributed by atoms with Crippen LogP contribution in [0, 0.1) is 0 Å². The molecule has 0 saturated heterocycles. The summed E-state index contributed by atoms with van der Waals surface area (Å²) in [5.41, 5.74) is -0.325. The van der Waals surface area contributed by atoms with Crippen LogP contribution < -0.4 is 10.6 Å². The standard InChI is InChI=1S/C10H10N2O5/c1-11-10(17)12-7-3-5(8(13)14)2-6(4-7)9(15)16/h2-4H,1H3,(H,13,14)(H,15,16)(H2,11,12,17). The van der Waals surface area contributed by atoms with Gasteiger partial charge in [0, 0.05) is 12.7 Å². The van der Waals surface area contributed by atoms with Crippen LogP contribution in [-0.4, -0.2) is 35.2 Å². The first kappa shape index (κ1) is 12.5. The Morgan fingerprint density at radius 3 is 1.82 bits per heavy atom. The zero-order valence-electron chi connectivity index (χ0n) is 8.85. The van der Waals surface area contributed by atoms with Crippen molar-refractivity contribution < 1.29 is 24.6 Å². The highest BCUT2D eigenvalue weighted by Gasteiger charge is 2.12. The summed E-state index contributed by atoms with van der Waals surface area (Å²) in [4.78, 5) is 32.6. The minimum Gasteiger partial charge on any atom is -0.478 e. The number of carboxylic acids is 2. The Balaban J connectivity index is 3.16. The molecule has 0 bridgehead atoms. The van der Waals surface area contributed by atoms with Crippen LogP contribution >= 0.6 is 0 Å². The summed E-state index contributed by atoms with van der Waals surface area (Å²) in [7, 11) is 1.38. The number of urea groups is 1. The zero-order chi connectivity index (χ0) is 13.0. The molecule has 0 fully saturated rings. The van der Waals surface area contributed by atoms with Crippen LogP contribution in [0.4, 0.5) is 10.5 Å². The fourth-order valence-electron chi connectivity index (χ4n) is 1.14. The van der Waals surface area contributed by atoms with E-state index in [9.17, 15) is 14.4 Å². The Kier molecular flexibility index (Phi) is 3.66. The van der Waals surface area contributed by atoms with E-state index >= 15 is 0 Å². The van der Waals surface area contributed by atoms with E-state index in [0.29, 0.717) is 0 Å². The lowest BCUT2D eigenvalue weighted by molar-refractivity contribution is 0.0696. The number of benzene rings is 1. The summed E-state index contributed by atoms with van der Waals surface area (Å²) < 4.78 is 0. The first-order chi connectivity index (χ1) is 7.93. The van der Waals surface area contributed by atoms with Gasteiger partial charge in [0.05, 0.1) is 11.1 Å². The molecule has 0 radical (unpaired) electrons. The minimum atomic E-state index is -1.27. The Morgan fingerprint density at radius 2 is 1.47 bits per heavy atom. The Morgan fingerprint density at radius 1 is 1.00 bits per heavy atom. The normalized spacial score (nSPS) is 9.47. The van der Waals surface area contributed by atoms with Crippen molar-refractivity contribution in [1.82, 2.24) is 5.32 Å². The molecule has 2 amide bonds. The number of rotatable bonds is 3. The van der Waals surface area contributed by atoms with Crippen LogP contribution in [0.5, 0.6) is 0 Å². The maximum Gasteiger partial charge on any atom is 0.335 e. The fraction of sp³-hybridized carbons (Fsp3) is 0.100. The maximum absolute atomic E-state index is 11.0. The van der Waals surface area contributed by atoms with E-state index in [4.69, 9.17) is 10.2 Å². The van der Waals surface area contributed by atoms with Crippen LogP contribution in [0.2, 0.25) is 0 Å². The average molecular weight is 238 g/mol. The molecule has 0 heterocycles. The molecule has 90 valence electrons. The van der Waals surface area contributed by atoms with Crippen LogP contribution in [-0.2, 0) is 0 Å². The Hall–Kier alpha value is -2.57. The van der Waals surface area contributed by atoms with E-state index in [0.717, 1.165) is 6.07 Å². The molecule has 0 aliphatic heterocycles. The van der Waals surface area contributed by atoms with Gasteiger partial charge in [-0.05, 0) is 18.2 Å². The molecule has 1 aromatic rings. The second-order valence-corrected chi connectivity index (χ2v) is 3.11. The molecule has 0 atom stereocenters. The highest BCUT2D eigenvalue weighted by molar-refractivity contribution is 5.98. The fourth-order valence-corrected chi connectivity index (χ4v) is 1.14. The summed E-state index contributed by atoms with van der Waals surface area (Å²) in [5, 5.41) is 22.1. The van der Waals surface area contributed by atoms with E-state index in [2.05, 4.69) is 10.6 Å². The van der Waals surface area contributed by atoms with E-state index in [1.807, 2.05) is 0 Å². The second-order valence-electron chi connectivity index (χ2n) is 3.11. The predicted molar refractivity (Wildman–Crippen MR) is 58.4 cm³/mol. The van der Waals surface area contributed by atoms with Gasteiger partial charge in [-0.25, -0.2) is 14.4 Å². The summed E-state index contributed by atoms with van der Waals surface area (Å²) in [6.07, 6.45) is 0. The predicted octanol–water partition coefficient (Wildman–Crippen LogP) is 0.834. The van der Waals surface area contributed by atoms with Gasteiger partial charge >= 0.3 is 18.0 Å².